The molecule has 0 atom stereocenters. The normalized spacial score (nSPS) is 21.9. The van der Waals surface area contributed by atoms with Crippen LogP contribution in [-0.4, -0.2) is 50.8 Å². The summed E-state index contributed by atoms with van der Waals surface area (Å²) >= 11 is 0. The summed E-state index contributed by atoms with van der Waals surface area (Å²) < 4.78 is 5.50. The average molecular weight is 409 g/mol. The first kappa shape index (κ1) is 19.0. The van der Waals surface area contributed by atoms with E-state index in [1.54, 1.807) is 0 Å². The number of piperidine rings is 1. The maximum atomic E-state index is 5.50. The molecule has 2 aliphatic rings. The Morgan fingerprint density at radius 3 is 2.52 bits per heavy atom. The monoisotopic (exact) mass is 409 g/mol. The molecular weight excluding hydrogens is 377 g/mol. The van der Waals surface area contributed by atoms with E-state index in [1.165, 1.54) is 32.1 Å². The van der Waals surface area contributed by atoms with Gasteiger partial charge in [0.2, 0.25) is 0 Å². The van der Waals surface area contributed by atoms with E-state index in [0.29, 0.717) is 5.41 Å². The van der Waals surface area contributed by atoms with E-state index in [4.69, 9.17) is 4.74 Å². The number of nitrogens with one attached hydrogen (secondary N) is 1. The lowest BCUT2D eigenvalue weighted by Crippen LogP contribution is -2.46. The summed E-state index contributed by atoms with van der Waals surface area (Å²) in [7, 11) is 1.90. The topological polar surface area (TPSA) is 36.9 Å². The van der Waals surface area contributed by atoms with Crippen LogP contribution in [0, 0.1) is 11.3 Å². The van der Waals surface area contributed by atoms with Crippen molar-refractivity contribution in [1.82, 2.24) is 10.2 Å². The van der Waals surface area contributed by atoms with Crippen molar-refractivity contribution in [2.24, 2.45) is 16.3 Å². The molecule has 1 saturated heterocycles. The maximum absolute atomic E-state index is 5.50. The number of hydrogen-bond acceptors (Lipinski definition) is 2. The number of halogens is 1. The molecule has 21 heavy (non-hydrogen) atoms. The van der Waals surface area contributed by atoms with Crippen molar-refractivity contribution >= 4 is 29.9 Å². The largest absolute Gasteiger partial charge is 0.382 e. The minimum atomic E-state index is 0. The fourth-order valence-electron chi connectivity index (χ4n) is 2.94. The Hall–Kier alpha value is -0.0400. The standard InChI is InChI=1S/C16H31N3O.HI/c1-4-20-12-9-16(7-8-16)13-18-15(17-3)19-10-5-14(2)6-11-19;/h14H,4-13H2,1-3H3,(H,17,18);1H. The highest BCUT2D eigenvalue weighted by Gasteiger charge is 2.42. The zero-order valence-electron chi connectivity index (χ0n) is 13.9. The SMILES string of the molecule is CCOCCC1(CNC(=NC)N2CCC(C)CC2)CC1.I. The maximum Gasteiger partial charge on any atom is 0.193 e. The number of hydrogen-bond donors (Lipinski definition) is 1. The average Bonchev–Trinajstić information content (AvgIpc) is 3.22. The van der Waals surface area contributed by atoms with Crippen LogP contribution in [0.3, 0.4) is 0 Å². The van der Waals surface area contributed by atoms with E-state index in [0.717, 1.165) is 44.7 Å². The number of likely N-dealkylation sites (tertiary alicyclic amines) is 1. The van der Waals surface area contributed by atoms with Crippen LogP contribution in [-0.2, 0) is 4.74 Å². The van der Waals surface area contributed by atoms with Crippen molar-refractivity contribution in [1.29, 1.82) is 0 Å². The number of guanidine groups is 1. The molecule has 1 heterocycles. The van der Waals surface area contributed by atoms with Crippen molar-refractivity contribution in [3.8, 4) is 0 Å². The van der Waals surface area contributed by atoms with E-state index in [1.807, 2.05) is 7.05 Å². The third-order valence-corrected chi connectivity index (χ3v) is 4.85. The Bertz CT molecular complexity index is 323. The Morgan fingerprint density at radius 1 is 1.33 bits per heavy atom. The Kier molecular flexibility index (Phi) is 8.31. The second-order valence-corrected chi connectivity index (χ2v) is 6.52. The van der Waals surface area contributed by atoms with E-state index in [-0.39, 0.29) is 24.0 Å². The molecule has 1 aliphatic heterocycles. The number of rotatable bonds is 6. The summed E-state index contributed by atoms with van der Waals surface area (Å²) in [5, 5.41) is 3.60. The smallest absolute Gasteiger partial charge is 0.193 e. The molecule has 2 rings (SSSR count). The molecule has 0 aromatic carbocycles. The molecule has 1 saturated carbocycles. The van der Waals surface area contributed by atoms with Crippen LogP contribution in [0.4, 0.5) is 0 Å². The molecule has 2 fully saturated rings. The molecule has 0 aromatic rings. The predicted molar refractivity (Wildman–Crippen MR) is 99.5 cm³/mol. The molecule has 124 valence electrons. The fourth-order valence-corrected chi connectivity index (χ4v) is 2.94. The molecule has 0 bridgehead atoms. The highest BCUT2D eigenvalue weighted by molar-refractivity contribution is 14.0. The minimum absolute atomic E-state index is 0. The lowest BCUT2D eigenvalue weighted by atomic mass is 9.99. The van der Waals surface area contributed by atoms with Crippen molar-refractivity contribution in [2.75, 3.05) is 39.9 Å². The van der Waals surface area contributed by atoms with Crippen LogP contribution in [0.2, 0.25) is 0 Å². The van der Waals surface area contributed by atoms with Gasteiger partial charge < -0.3 is 15.0 Å². The highest BCUT2D eigenvalue weighted by atomic mass is 127. The van der Waals surface area contributed by atoms with Crippen molar-refractivity contribution in [3.63, 3.8) is 0 Å². The van der Waals surface area contributed by atoms with Gasteiger partial charge in [0.15, 0.2) is 5.96 Å². The van der Waals surface area contributed by atoms with Gasteiger partial charge >= 0.3 is 0 Å². The summed E-state index contributed by atoms with van der Waals surface area (Å²) in [4.78, 5) is 6.88. The first-order chi connectivity index (χ1) is 9.69. The van der Waals surface area contributed by atoms with E-state index >= 15 is 0 Å². The van der Waals surface area contributed by atoms with Crippen LogP contribution >= 0.6 is 24.0 Å². The van der Waals surface area contributed by atoms with E-state index in [9.17, 15) is 0 Å². The summed E-state index contributed by atoms with van der Waals surface area (Å²) in [6.45, 7) is 9.49. The third kappa shape index (κ3) is 5.93. The van der Waals surface area contributed by atoms with Gasteiger partial charge in [-0.3, -0.25) is 4.99 Å². The van der Waals surface area contributed by atoms with Crippen LogP contribution < -0.4 is 5.32 Å². The van der Waals surface area contributed by atoms with Gasteiger partial charge in [-0.1, -0.05) is 6.92 Å². The van der Waals surface area contributed by atoms with Crippen molar-refractivity contribution in [2.45, 2.75) is 46.0 Å². The number of ether oxygens (including phenoxy) is 1. The van der Waals surface area contributed by atoms with Crippen molar-refractivity contribution in [3.05, 3.63) is 0 Å². The van der Waals surface area contributed by atoms with Crippen LogP contribution in [0.1, 0.15) is 46.0 Å². The van der Waals surface area contributed by atoms with Crippen LogP contribution in [0.25, 0.3) is 0 Å². The van der Waals surface area contributed by atoms with Crippen molar-refractivity contribution < 1.29 is 4.74 Å². The Morgan fingerprint density at radius 2 is 2.00 bits per heavy atom. The van der Waals surface area contributed by atoms with E-state index in [2.05, 4.69) is 29.1 Å². The molecular formula is C16H32IN3O. The van der Waals surface area contributed by atoms with Crippen LogP contribution in [0.5, 0.6) is 0 Å². The molecule has 0 spiro atoms. The van der Waals surface area contributed by atoms with Gasteiger partial charge in [-0.2, -0.15) is 0 Å². The number of nitrogens with zero attached hydrogens (tertiary/aromatic N) is 2. The summed E-state index contributed by atoms with van der Waals surface area (Å²) in [5.74, 6) is 1.96. The van der Waals surface area contributed by atoms with Gasteiger partial charge in [0.05, 0.1) is 0 Å². The molecule has 0 amide bonds. The molecule has 1 N–H and O–H groups in total. The zero-order valence-corrected chi connectivity index (χ0v) is 16.2. The minimum Gasteiger partial charge on any atom is -0.382 e. The highest BCUT2D eigenvalue weighted by Crippen LogP contribution is 2.48. The first-order valence-electron chi connectivity index (χ1n) is 8.22. The first-order valence-corrected chi connectivity index (χ1v) is 8.22. The second kappa shape index (κ2) is 9.18. The lowest BCUT2D eigenvalue weighted by Gasteiger charge is -2.33. The second-order valence-electron chi connectivity index (χ2n) is 6.52. The number of aliphatic imine (C=N–C) groups is 1. The Balaban J connectivity index is 0.00000220. The summed E-state index contributed by atoms with van der Waals surface area (Å²) in [6, 6.07) is 0. The molecule has 0 unspecified atom stereocenters. The fraction of sp³-hybridized carbons (Fsp3) is 0.938. The van der Waals surface area contributed by atoms with Gasteiger partial charge in [-0.05, 0) is 50.4 Å². The molecule has 4 nitrogen and oxygen atoms in total. The summed E-state index contributed by atoms with van der Waals surface area (Å²) in [5.41, 5.74) is 0.480. The van der Waals surface area contributed by atoms with E-state index < -0.39 is 0 Å². The van der Waals surface area contributed by atoms with Gasteiger partial charge in [-0.15, -0.1) is 24.0 Å². The van der Waals surface area contributed by atoms with Gasteiger partial charge in [-0.25, -0.2) is 0 Å². The quantitative estimate of drug-likeness (QED) is 0.317. The summed E-state index contributed by atoms with van der Waals surface area (Å²) in [6.07, 6.45) is 6.43. The molecule has 0 aromatic heterocycles. The zero-order chi connectivity index (χ0) is 14.4. The third-order valence-electron chi connectivity index (χ3n) is 4.85. The van der Waals surface area contributed by atoms with Crippen LogP contribution in [0.15, 0.2) is 4.99 Å². The predicted octanol–water partition coefficient (Wildman–Crippen LogP) is 3.12. The molecule has 5 heteroatoms. The van der Waals surface area contributed by atoms with Gasteiger partial charge in [0.25, 0.3) is 0 Å². The molecule has 1 aliphatic carbocycles. The van der Waals surface area contributed by atoms with Gasteiger partial charge in [0.1, 0.15) is 0 Å². The van der Waals surface area contributed by atoms with Gasteiger partial charge in [0, 0.05) is 39.9 Å². The lowest BCUT2D eigenvalue weighted by molar-refractivity contribution is 0.128. The molecule has 0 radical (unpaired) electrons. The Labute approximate surface area is 147 Å².